The number of amides is 2. The largest absolute Gasteiger partial charge is 0.493 e. The number of piperidine rings is 1. The summed E-state index contributed by atoms with van der Waals surface area (Å²) in [5, 5.41) is 2.94. The summed E-state index contributed by atoms with van der Waals surface area (Å²) in [5.41, 5.74) is 1.03. The quantitative estimate of drug-likeness (QED) is 0.687. The van der Waals surface area contributed by atoms with Gasteiger partial charge in [0, 0.05) is 38.8 Å². The van der Waals surface area contributed by atoms with E-state index in [0.29, 0.717) is 30.6 Å². The first-order valence-electron chi connectivity index (χ1n) is 11.8. The summed E-state index contributed by atoms with van der Waals surface area (Å²) >= 11 is 0. The van der Waals surface area contributed by atoms with Gasteiger partial charge in [-0.25, -0.2) is 0 Å². The smallest absolute Gasteiger partial charge is 0.237 e. The van der Waals surface area contributed by atoms with Gasteiger partial charge in [-0.1, -0.05) is 6.07 Å². The summed E-state index contributed by atoms with van der Waals surface area (Å²) in [4.78, 5) is 32.4. The molecule has 8 heteroatoms. The van der Waals surface area contributed by atoms with Crippen molar-refractivity contribution in [3.63, 3.8) is 0 Å². The van der Waals surface area contributed by atoms with Gasteiger partial charge in [0.25, 0.3) is 0 Å². The number of likely N-dealkylation sites (tertiary alicyclic amines) is 2. The Morgan fingerprint density at radius 2 is 1.75 bits per heavy atom. The highest BCUT2D eigenvalue weighted by Gasteiger charge is 2.34. The maximum atomic E-state index is 13.1. The predicted molar refractivity (Wildman–Crippen MR) is 122 cm³/mol. The van der Waals surface area contributed by atoms with E-state index in [1.54, 1.807) is 14.2 Å². The number of benzene rings is 1. The summed E-state index contributed by atoms with van der Waals surface area (Å²) in [6.45, 7) is 5.89. The van der Waals surface area contributed by atoms with E-state index in [1.165, 1.54) is 25.9 Å². The van der Waals surface area contributed by atoms with E-state index in [4.69, 9.17) is 9.47 Å². The molecular weight excluding hydrogens is 408 g/mol. The number of nitrogens with zero attached hydrogens (tertiary/aromatic N) is 3. The Morgan fingerprint density at radius 1 is 1.03 bits per heavy atom. The lowest BCUT2D eigenvalue weighted by atomic mass is 10.0. The fourth-order valence-electron chi connectivity index (χ4n) is 5.27. The number of nitrogens with one attached hydrogen (secondary N) is 1. The predicted octanol–water partition coefficient (Wildman–Crippen LogP) is 1.48. The minimum Gasteiger partial charge on any atom is -0.493 e. The third-order valence-corrected chi connectivity index (χ3v) is 7.12. The fraction of sp³-hybridized carbons (Fsp3) is 0.667. The first kappa shape index (κ1) is 22.9. The molecule has 0 aromatic heterocycles. The van der Waals surface area contributed by atoms with Gasteiger partial charge < -0.3 is 24.6 Å². The van der Waals surface area contributed by atoms with E-state index in [2.05, 4.69) is 15.1 Å². The van der Waals surface area contributed by atoms with Gasteiger partial charge in [-0.2, -0.15) is 0 Å². The number of ether oxygens (including phenoxy) is 2. The van der Waals surface area contributed by atoms with Crippen molar-refractivity contribution in [2.24, 2.45) is 0 Å². The van der Waals surface area contributed by atoms with Crippen molar-refractivity contribution in [1.82, 2.24) is 20.0 Å². The molecule has 0 saturated carbocycles. The van der Waals surface area contributed by atoms with Crippen molar-refractivity contribution in [2.45, 2.75) is 50.7 Å². The Labute approximate surface area is 190 Å². The number of methoxy groups -OCH3 is 2. The maximum absolute atomic E-state index is 13.1. The molecule has 32 heavy (non-hydrogen) atoms. The lowest BCUT2D eigenvalue weighted by Crippen LogP contribution is -2.56. The molecule has 0 spiro atoms. The van der Waals surface area contributed by atoms with Gasteiger partial charge in [-0.3, -0.25) is 14.5 Å². The van der Waals surface area contributed by atoms with Crippen LogP contribution in [0, 0.1) is 0 Å². The molecular formula is C24H36N4O4. The van der Waals surface area contributed by atoms with E-state index in [0.717, 1.165) is 38.0 Å². The Bertz CT molecular complexity index is 803. The van der Waals surface area contributed by atoms with Crippen LogP contribution < -0.4 is 14.8 Å². The second-order valence-corrected chi connectivity index (χ2v) is 9.03. The van der Waals surface area contributed by atoms with Gasteiger partial charge in [0.2, 0.25) is 11.8 Å². The third kappa shape index (κ3) is 5.18. The minimum atomic E-state index is -0.444. The molecule has 0 unspecified atom stereocenters. The van der Waals surface area contributed by atoms with Crippen LogP contribution in [0.15, 0.2) is 18.2 Å². The summed E-state index contributed by atoms with van der Waals surface area (Å²) in [7, 11) is 3.23. The molecule has 0 radical (unpaired) electrons. The lowest BCUT2D eigenvalue weighted by molar-refractivity contribution is -0.140. The molecule has 1 atom stereocenters. The van der Waals surface area contributed by atoms with Crippen molar-refractivity contribution < 1.29 is 19.1 Å². The number of carbonyl (C=O) groups excluding carboxylic acids is 2. The van der Waals surface area contributed by atoms with E-state index in [9.17, 15) is 9.59 Å². The molecule has 176 valence electrons. The number of rotatable bonds is 7. The molecule has 2 amide bonds. The summed E-state index contributed by atoms with van der Waals surface area (Å²) in [5.74, 6) is 1.37. The van der Waals surface area contributed by atoms with Crippen molar-refractivity contribution in [3.05, 3.63) is 23.8 Å². The maximum Gasteiger partial charge on any atom is 0.237 e. The van der Waals surface area contributed by atoms with Gasteiger partial charge in [0.05, 0.1) is 26.7 Å². The Balaban J connectivity index is 1.36. The van der Waals surface area contributed by atoms with Gasteiger partial charge >= 0.3 is 0 Å². The van der Waals surface area contributed by atoms with E-state index < -0.39 is 6.04 Å². The zero-order valence-electron chi connectivity index (χ0n) is 19.3. The highest BCUT2D eigenvalue weighted by molar-refractivity contribution is 5.88. The Hall–Kier alpha value is -2.32. The summed E-state index contributed by atoms with van der Waals surface area (Å²) < 4.78 is 10.7. The molecule has 3 saturated heterocycles. The Kier molecular flexibility index (Phi) is 7.52. The fourth-order valence-corrected chi connectivity index (χ4v) is 5.27. The highest BCUT2D eigenvalue weighted by Crippen LogP contribution is 2.29. The van der Waals surface area contributed by atoms with Gasteiger partial charge in [0.1, 0.15) is 0 Å². The molecule has 0 aliphatic carbocycles. The second kappa shape index (κ2) is 10.5. The van der Waals surface area contributed by atoms with Gasteiger partial charge in [-0.15, -0.1) is 0 Å². The summed E-state index contributed by atoms with van der Waals surface area (Å²) in [6.07, 6.45) is 4.90. The lowest BCUT2D eigenvalue weighted by Gasteiger charge is -2.39. The molecule has 3 heterocycles. The average Bonchev–Trinajstić information content (AvgIpc) is 3.36. The first-order valence-corrected chi connectivity index (χ1v) is 11.8. The van der Waals surface area contributed by atoms with Crippen molar-refractivity contribution in [1.29, 1.82) is 0 Å². The monoisotopic (exact) mass is 444 g/mol. The van der Waals surface area contributed by atoms with Crippen LogP contribution in [0.25, 0.3) is 0 Å². The van der Waals surface area contributed by atoms with Crippen LogP contribution in [0.2, 0.25) is 0 Å². The SMILES string of the molecule is COc1ccc(CN2CCNC(=O)[C@H]2CC(=O)N2CCC(N3CCCC3)CC2)cc1OC. The van der Waals surface area contributed by atoms with E-state index in [1.807, 2.05) is 23.1 Å². The van der Waals surface area contributed by atoms with Crippen LogP contribution in [0.1, 0.15) is 37.7 Å². The van der Waals surface area contributed by atoms with E-state index in [-0.39, 0.29) is 18.2 Å². The standard InChI is InChI=1S/C24H36N4O4/c1-31-21-6-5-18(15-22(21)32-2)17-28-14-9-25-24(30)20(28)16-23(29)27-12-7-19(8-13-27)26-10-3-4-11-26/h5-6,15,19-20H,3-4,7-14,16-17H2,1-2H3,(H,25,30)/t20-/m1/s1. The highest BCUT2D eigenvalue weighted by atomic mass is 16.5. The van der Waals surface area contributed by atoms with Crippen LogP contribution in [0.5, 0.6) is 11.5 Å². The molecule has 4 rings (SSSR count). The summed E-state index contributed by atoms with van der Waals surface area (Å²) in [6, 6.07) is 5.97. The second-order valence-electron chi connectivity index (χ2n) is 9.03. The Morgan fingerprint density at radius 3 is 2.44 bits per heavy atom. The molecule has 0 bridgehead atoms. The van der Waals surface area contributed by atoms with Gasteiger partial charge in [0.15, 0.2) is 11.5 Å². The molecule has 1 aromatic carbocycles. The third-order valence-electron chi connectivity index (χ3n) is 7.12. The number of carbonyl (C=O) groups is 2. The molecule has 8 nitrogen and oxygen atoms in total. The van der Waals surface area contributed by atoms with E-state index >= 15 is 0 Å². The van der Waals surface area contributed by atoms with Crippen molar-refractivity contribution >= 4 is 11.8 Å². The molecule has 3 aliphatic rings. The van der Waals surface area contributed by atoms with Crippen LogP contribution in [0.4, 0.5) is 0 Å². The number of piperazine rings is 1. The average molecular weight is 445 g/mol. The zero-order valence-corrected chi connectivity index (χ0v) is 19.3. The molecule has 3 fully saturated rings. The van der Waals surface area contributed by atoms with Crippen molar-refractivity contribution in [3.8, 4) is 11.5 Å². The zero-order chi connectivity index (χ0) is 22.5. The molecule has 1 N–H and O–H groups in total. The number of hydrogen-bond acceptors (Lipinski definition) is 6. The van der Waals surface area contributed by atoms with Crippen LogP contribution >= 0.6 is 0 Å². The van der Waals surface area contributed by atoms with Crippen LogP contribution in [-0.4, -0.2) is 92.1 Å². The van der Waals surface area contributed by atoms with Gasteiger partial charge in [-0.05, 0) is 56.5 Å². The number of hydrogen-bond donors (Lipinski definition) is 1. The first-order chi connectivity index (χ1) is 15.6. The minimum absolute atomic E-state index is 0.0583. The molecule has 3 aliphatic heterocycles. The van der Waals surface area contributed by atoms with Crippen LogP contribution in [0.3, 0.4) is 0 Å². The molecule has 1 aromatic rings. The van der Waals surface area contributed by atoms with Crippen LogP contribution in [-0.2, 0) is 16.1 Å². The topological polar surface area (TPSA) is 74.4 Å². The normalized spacial score (nSPS) is 23.2. The van der Waals surface area contributed by atoms with Crippen molar-refractivity contribution in [2.75, 3.05) is 53.5 Å².